The van der Waals surface area contributed by atoms with Crippen molar-refractivity contribution in [2.45, 2.75) is 6.42 Å². The minimum Gasteiger partial charge on any atom is -0.274 e. The molecular formula is C6H8N2OS. The summed E-state index contributed by atoms with van der Waals surface area (Å²) in [6, 6.07) is 0. The number of rotatable bonds is 1. The van der Waals surface area contributed by atoms with Crippen molar-refractivity contribution in [3.63, 3.8) is 0 Å². The molecule has 1 rings (SSSR count). The molecule has 1 aliphatic heterocycles. The van der Waals surface area contributed by atoms with E-state index in [-0.39, 0.29) is 11.8 Å². The lowest BCUT2D eigenvalue weighted by atomic mass is 10.1. The van der Waals surface area contributed by atoms with Crippen molar-refractivity contribution in [3.05, 3.63) is 0 Å². The number of hydrogen-bond donors (Lipinski definition) is 1. The molecule has 0 aliphatic carbocycles. The lowest BCUT2D eigenvalue weighted by Crippen LogP contribution is -2.26. The summed E-state index contributed by atoms with van der Waals surface area (Å²) in [5.41, 5.74) is 0. The average molecular weight is 156 g/mol. The van der Waals surface area contributed by atoms with E-state index in [1.807, 2.05) is 0 Å². The second kappa shape index (κ2) is 3.47. The van der Waals surface area contributed by atoms with Crippen LogP contribution in [0.4, 0.5) is 0 Å². The molecule has 0 spiro atoms. The van der Waals surface area contributed by atoms with Gasteiger partial charge < -0.3 is 0 Å². The van der Waals surface area contributed by atoms with Gasteiger partial charge in [-0.25, -0.2) is 0 Å². The molecule has 1 amide bonds. The van der Waals surface area contributed by atoms with Crippen LogP contribution in [-0.4, -0.2) is 17.4 Å². The maximum atomic E-state index is 10.9. The van der Waals surface area contributed by atoms with Gasteiger partial charge in [0.25, 0.3) is 0 Å². The Morgan fingerprint density at radius 3 is 3.10 bits per heavy atom. The monoisotopic (exact) mass is 156 g/mol. The van der Waals surface area contributed by atoms with Crippen LogP contribution in [0.15, 0.2) is 0 Å². The summed E-state index contributed by atoms with van der Waals surface area (Å²) in [4.78, 5) is 10.9. The van der Waals surface area contributed by atoms with Crippen molar-refractivity contribution in [1.82, 2.24) is 5.32 Å². The summed E-state index contributed by atoms with van der Waals surface area (Å²) in [5, 5.41) is 10.2. The molecule has 1 saturated heterocycles. The van der Waals surface area contributed by atoms with Gasteiger partial charge in [-0.3, -0.25) is 10.1 Å². The first-order valence-corrected chi connectivity index (χ1v) is 4.26. The van der Waals surface area contributed by atoms with Crippen LogP contribution in [0.5, 0.6) is 0 Å². The van der Waals surface area contributed by atoms with E-state index in [0.717, 1.165) is 17.9 Å². The standard InChI is InChI=1S/C6H8N2OS/c7-4-8-6(9)5-1-2-10-3-5/h5H,1-3H2,(H,8,9). The lowest BCUT2D eigenvalue weighted by Gasteiger charge is -2.01. The summed E-state index contributed by atoms with van der Waals surface area (Å²) < 4.78 is 0. The van der Waals surface area contributed by atoms with Crippen molar-refractivity contribution in [3.8, 4) is 6.19 Å². The first-order valence-electron chi connectivity index (χ1n) is 3.11. The van der Waals surface area contributed by atoms with Crippen molar-refractivity contribution >= 4 is 17.7 Å². The molecule has 54 valence electrons. The molecule has 0 radical (unpaired) electrons. The number of thioether (sulfide) groups is 1. The zero-order valence-corrected chi connectivity index (χ0v) is 6.28. The van der Waals surface area contributed by atoms with E-state index in [4.69, 9.17) is 5.26 Å². The largest absolute Gasteiger partial charge is 0.274 e. The molecular weight excluding hydrogens is 148 g/mol. The second-order valence-corrected chi connectivity index (χ2v) is 3.31. The molecule has 1 unspecified atom stereocenters. The SMILES string of the molecule is N#CNC(=O)C1CCSC1. The predicted molar refractivity (Wildman–Crippen MR) is 39.2 cm³/mol. The zero-order chi connectivity index (χ0) is 7.40. The number of hydrogen-bond acceptors (Lipinski definition) is 3. The number of carbonyl (C=O) groups excluding carboxylic acids is 1. The third kappa shape index (κ3) is 1.64. The van der Waals surface area contributed by atoms with Crippen LogP contribution >= 0.6 is 11.8 Å². The van der Waals surface area contributed by atoms with E-state index in [0.29, 0.717) is 0 Å². The summed E-state index contributed by atoms with van der Waals surface area (Å²) in [5.74, 6) is 1.87. The quantitative estimate of drug-likeness (QED) is 0.440. The van der Waals surface area contributed by atoms with Crippen LogP contribution in [-0.2, 0) is 4.79 Å². The van der Waals surface area contributed by atoms with Gasteiger partial charge in [-0.05, 0) is 12.2 Å². The summed E-state index contributed by atoms with van der Waals surface area (Å²) in [6.45, 7) is 0. The first-order chi connectivity index (χ1) is 4.84. The normalized spacial score (nSPS) is 23.7. The summed E-state index contributed by atoms with van der Waals surface area (Å²) >= 11 is 1.77. The van der Waals surface area contributed by atoms with Crippen LogP contribution < -0.4 is 5.32 Å². The number of nitriles is 1. The van der Waals surface area contributed by atoms with Crippen LogP contribution in [0.25, 0.3) is 0 Å². The molecule has 1 atom stereocenters. The highest BCUT2D eigenvalue weighted by Gasteiger charge is 2.22. The van der Waals surface area contributed by atoms with Gasteiger partial charge in [0.05, 0.1) is 0 Å². The van der Waals surface area contributed by atoms with Crippen LogP contribution in [0.3, 0.4) is 0 Å². The van der Waals surface area contributed by atoms with E-state index in [2.05, 4.69) is 5.32 Å². The number of amides is 1. The van der Waals surface area contributed by atoms with E-state index in [1.54, 1.807) is 18.0 Å². The molecule has 0 saturated carbocycles. The Labute approximate surface area is 63.8 Å². The van der Waals surface area contributed by atoms with E-state index >= 15 is 0 Å². The summed E-state index contributed by atoms with van der Waals surface area (Å²) in [6.07, 6.45) is 2.55. The third-order valence-electron chi connectivity index (χ3n) is 1.48. The highest BCUT2D eigenvalue weighted by molar-refractivity contribution is 7.99. The fraction of sp³-hybridized carbons (Fsp3) is 0.667. The summed E-state index contributed by atoms with van der Waals surface area (Å²) in [7, 11) is 0. The van der Waals surface area contributed by atoms with E-state index in [1.165, 1.54) is 0 Å². The van der Waals surface area contributed by atoms with Gasteiger partial charge in [-0.2, -0.15) is 17.0 Å². The fourth-order valence-corrected chi connectivity index (χ4v) is 2.12. The molecule has 1 heterocycles. The zero-order valence-electron chi connectivity index (χ0n) is 5.46. The molecule has 10 heavy (non-hydrogen) atoms. The Bertz CT molecular complexity index is 169. The van der Waals surface area contributed by atoms with Crippen LogP contribution in [0.1, 0.15) is 6.42 Å². The van der Waals surface area contributed by atoms with E-state index in [9.17, 15) is 4.79 Å². The average Bonchev–Trinajstić information content (AvgIpc) is 2.38. The maximum Gasteiger partial charge on any atom is 0.236 e. The predicted octanol–water partition coefficient (Wildman–Crippen LogP) is 0.337. The van der Waals surface area contributed by atoms with Gasteiger partial charge in [0.1, 0.15) is 0 Å². The molecule has 1 fully saturated rings. The Morgan fingerprint density at radius 1 is 1.80 bits per heavy atom. The smallest absolute Gasteiger partial charge is 0.236 e. The van der Waals surface area contributed by atoms with Gasteiger partial charge in [0, 0.05) is 11.7 Å². The van der Waals surface area contributed by atoms with Crippen molar-refractivity contribution in [2.24, 2.45) is 5.92 Å². The minimum absolute atomic E-state index is 0.0737. The van der Waals surface area contributed by atoms with Crippen molar-refractivity contribution < 1.29 is 4.79 Å². The van der Waals surface area contributed by atoms with Gasteiger partial charge in [0.15, 0.2) is 6.19 Å². The third-order valence-corrected chi connectivity index (χ3v) is 2.64. The Kier molecular flexibility index (Phi) is 2.57. The van der Waals surface area contributed by atoms with Gasteiger partial charge in [-0.15, -0.1) is 0 Å². The molecule has 1 N–H and O–H groups in total. The van der Waals surface area contributed by atoms with Crippen molar-refractivity contribution in [1.29, 1.82) is 5.26 Å². The fourth-order valence-electron chi connectivity index (χ4n) is 0.898. The topological polar surface area (TPSA) is 52.9 Å². The molecule has 0 bridgehead atoms. The Balaban J connectivity index is 2.34. The van der Waals surface area contributed by atoms with Gasteiger partial charge in [0.2, 0.25) is 5.91 Å². The number of nitrogens with one attached hydrogen (secondary N) is 1. The molecule has 0 aromatic rings. The number of carbonyl (C=O) groups is 1. The van der Waals surface area contributed by atoms with Crippen molar-refractivity contribution in [2.75, 3.05) is 11.5 Å². The van der Waals surface area contributed by atoms with Gasteiger partial charge in [-0.1, -0.05) is 0 Å². The van der Waals surface area contributed by atoms with Crippen LogP contribution in [0.2, 0.25) is 0 Å². The Hall–Kier alpha value is -0.690. The number of nitrogens with zero attached hydrogens (tertiary/aromatic N) is 1. The highest BCUT2D eigenvalue weighted by Crippen LogP contribution is 2.22. The lowest BCUT2D eigenvalue weighted by molar-refractivity contribution is -0.123. The van der Waals surface area contributed by atoms with Crippen LogP contribution in [0, 0.1) is 17.4 Å². The highest BCUT2D eigenvalue weighted by atomic mass is 32.2. The second-order valence-electron chi connectivity index (χ2n) is 2.16. The molecule has 0 aromatic heterocycles. The maximum absolute atomic E-state index is 10.9. The van der Waals surface area contributed by atoms with E-state index < -0.39 is 0 Å². The molecule has 0 aromatic carbocycles. The first kappa shape index (κ1) is 7.42. The van der Waals surface area contributed by atoms with Gasteiger partial charge >= 0.3 is 0 Å². The molecule has 4 heteroatoms. The molecule has 1 aliphatic rings. The Morgan fingerprint density at radius 2 is 2.60 bits per heavy atom. The molecule has 3 nitrogen and oxygen atoms in total. The minimum atomic E-state index is -0.118.